The Morgan fingerprint density at radius 3 is 2.12 bits per heavy atom. The van der Waals surface area contributed by atoms with E-state index < -0.39 is 0 Å². The summed E-state index contributed by atoms with van der Waals surface area (Å²) < 4.78 is 0. The molecule has 2 fully saturated rings. The van der Waals surface area contributed by atoms with E-state index in [1.807, 2.05) is 0 Å². The van der Waals surface area contributed by atoms with Gasteiger partial charge in [0.05, 0.1) is 0 Å². The highest BCUT2D eigenvalue weighted by molar-refractivity contribution is 5.14. The minimum atomic E-state index is 1.04. The van der Waals surface area contributed by atoms with Gasteiger partial charge in [-0.1, -0.05) is 62.4 Å². The van der Waals surface area contributed by atoms with Gasteiger partial charge < -0.3 is 5.32 Å². The molecule has 1 aliphatic carbocycles. The van der Waals surface area contributed by atoms with Crippen molar-refractivity contribution in [3.8, 4) is 0 Å². The summed E-state index contributed by atoms with van der Waals surface area (Å²) in [7, 11) is 0. The van der Waals surface area contributed by atoms with E-state index in [0.29, 0.717) is 0 Å². The molecule has 0 unspecified atom stereocenters. The van der Waals surface area contributed by atoms with Crippen LogP contribution in [0.3, 0.4) is 0 Å². The van der Waals surface area contributed by atoms with E-state index in [1.165, 1.54) is 44.2 Å². The summed E-state index contributed by atoms with van der Waals surface area (Å²) in [5.41, 5.74) is 1.40. The molecule has 1 aromatic rings. The molecule has 1 heterocycles. The van der Waals surface area contributed by atoms with Crippen molar-refractivity contribution in [1.82, 2.24) is 10.2 Å². The molecular formula is C15H24N2. The highest BCUT2D eigenvalue weighted by Crippen LogP contribution is 2.15. The molecule has 3 rings (SSSR count). The van der Waals surface area contributed by atoms with E-state index in [0.717, 1.165) is 19.8 Å². The Hall–Kier alpha value is -0.860. The highest BCUT2D eigenvalue weighted by atomic mass is 15.3. The summed E-state index contributed by atoms with van der Waals surface area (Å²) in [6.07, 6.45) is 7.50. The molecular weight excluding hydrogens is 208 g/mol. The number of hydrogen-bond donors (Lipinski definition) is 1. The van der Waals surface area contributed by atoms with Crippen molar-refractivity contribution < 1.29 is 0 Å². The first kappa shape index (κ1) is 12.6. The van der Waals surface area contributed by atoms with Crippen LogP contribution in [0.4, 0.5) is 0 Å². The standard InChI is InChI=1S/C10H14N2.C5H10/c1-2-4-10(5-3-1)8-12-7-6-11-9-12;1-2-4-5-3-1/h1-5,11H,6-9H2;1-5H2. The first-order chi connectivity index (χ1) is 8.45. The molecule has 1 N–H and O–H groups in total. The van der Waals surface area contributed by atoms with Gasteiger partial charge in [-0.05, 0) is 5.56 Å². The lowest BCUT2D eigenvalue weighted by Gasteiger charge is -2.12. The quantitative estimate of drug-likeness (QED) is 0.843. The van der Waals surface area contributed by atoms with E-state index >= 15 is 0 Å². The second-order valence-electron chi connectivity index (χ2n) is 4.96. The van der Waals surface area contributed by atoms with Crippen LogP contribution in [0.5, 0.6) is 0 Å². The lowest BCUT2D eigenvalue weighted by molar-refractivity contribution is 0.327. The van der Waals surface area contributed by atoms with Crippen LogP contribution in [0.25, 0.3) is 0 Å². The zero-order chi connectivity index (χ0) is 11.8. The predicted octanol–water partition coefficient (Wildman–Crippen LogP) is 3.00. The van der Waals surface area contributed by atoms with Gasteiger partial charge in [0, 0.05) is 26.3 Å². The summed E-state index contributed by atoms with van der Waals surface area (Å²) in [4.78, 5) is 2.41. The molecule has 2 aliphatic rings. The number of nitrogens with one attached hydrogen (secondary N) is 1. The van der Waals surface area contributed by atoms with Crippen molar-refractivity contribution in [2.75, 3.05) is 19.8 Å². The van der Waals surface area contributed by atoms with E-state index in [2.05, 4.69) is 40.5 Å². The molecule has 17 heavy (non-hydrogen) atoms. The molecule has 2 nitrogen and oxygen atoms in total. The summed E-state index contributed by atoms with van der Waals surface area (Å²) >= 11 is 0. The van der Waals surface area contributed by atoms with Gasteiger partial charge in [-0.25, -0.2) is 0 Å². The SMILES string of the molecule is C1CCCC1.c1ccc(CN2CCNC2)cc1. The van der Waals surface area contributed by atoms with Crippen LogP contribution in [-0.4, -0.2) is 24.7 Å². The minimum absolute atomic E-state index is 1.04. The molecule has 0 aromatic heterocycles. The average Bonchev–Trinajstić information content (AvgIpc) is 3.06. The van der Waals surface area contributed by atoms with Crippen LogP contribution >= 0.6 is 0 Å². The lowest BCUT2D eigenvalue weighted by Crippen LogP contribution is -2.21. The molecule has 94 valence electrons. The molecule has 1 aromatic carbocycles. The van der Waals surface area contributed by atoms with Gasteiger partial charge in [-0.3, -0.25) is 4.90 Å². The smallest absolute Gasteiger partial charge is 0.0484 e. The van der Waals surface area contributed by atoms with Crippen LogP contribution in [0, 0.1) is 0 Å². The number of benzene rings is 1. The van der Waals surface area contributed by atoms with Crippen molar-refractivity contribution in [2.24, 2.45) is 0 Å². The Labute approximate surface area is 105 Å². The highest BCUT2D eigenvalue weighted by Gasteiger charge is 2.09. The van der Waals surface area contributed by atoms with Crippen LogP contribution < -0.4 is 5.32 Å². The molecule has 0 spiro atoms. The average molecular weight is 232 g/mol. The third kappa shape index (κ3) is 4.88. The monoisotopic (exact) mass is 232 g/mol. The Kier molecular flexibility index (Phi) is 5.53. The van der Waals surface area contributed by atoms with Gasteiger partial charge in [-0.15, -0.1) is 0 Å². The molecule has 0 bridgehead atoms. The van der Waals surface area contributed by atoms with Gasteiger partial charge in [-0.2, -0.15) is 0 Å². The van der Waals surface area contributed by atoms with E-state index in [1.54, 1.807) is 0 Å². The summed E-state index contributed by atoms with van der Waals surface area (Å²) in [5.74, 6) is 0. The molecule has 0 amide bonds. The number of hydrogen-bond acceptors (Lipinski definition) is 2. The Morgan fingerprint density at radius 2 is 1.59 bits per heavy atom. The van der Waals surface area contributed by atoms with Gasteiger partial charge in [0.2, 0.25) is 0 Å². The molecule has 1 saturated carbocycles. The van der Waals surface area contributed by atoms with Crippen LogP contribution in [0.2, 0.25) is 0 Å². The summed E-state index contributed by atoms with van der Waals surface area (Å²) in [5, 5.41) is 3.32. The Balaban J connectivity index is 0.000000181. The molecule has 2 heteroatoms. The van der Waals surface area contributed by atoms with Crippen molar-refractivity contribution in [2.45, 2.75) is 38.6 Å². The van der Waals surface area contributed by atoms with Crippen molar-refractivity contribution >= 4 is 0 Å². The fourth-order valence-corrected chi connectivity index (χ4v) is 2.41. The first-order valence-corrected chi connectivity index (χ1v) is 6.92. The van der Waals surface area contributed by atoms with Crippen LogP contribution in [0.1, 0.15) is 37.7 Å². The van der Waals surface area contributed by atoms with E-state index in [9.17, 15) is 0 Å². The number of nitrogens with zero attached hydrogens (tertiary/aromatic N) is 1. The second-order valence-corrected chi connectivity index (χ2v) is 4.96. The maximum absolute atomic E-state index is 3.32. The van der Waals surface area contributed by atoms with E-state index in [4.69, 9.17) is 0 Å². The van der Waals surface area contributed by atoms with Crippen molar-refractivity contribution in [3.63, 3.8) is 0 Å². The van der Waals surface area contributed by atoms with Gasteiger partial charge in [0.1, 0.15) is 0 Å². The van der Waals surface area contributed by atoms with Gasteiger partial charge >= 0.3 is 0 Å². The van der Waals surface area contributed by atoms with Gasteiger partial charge in [0.15, 0.2) is 0 Å². The zero-order valence-corrected chi connectivity index (χ0v) is 10.7. The third-order valence-electron chi connectivity index (χ3n) is 3.44. The van der Waals surface area contributed by atoms with E-state index in [-0.39, 0.29) is 0 Å². The second kappa shape index (κ2) is 7.46. The fraction of sp³-hybridized carbons (Fsp3) is 0.600. The Morgan fingerprint density at radius 1 is 0.941 bits per heavy atom. The predicted molar refractivity (Wildman–Crippen MR) is 72.8 cm³/mol. The third-order valence-corrected chi connectivity index (χ3v) is 3.44. The number of rotatable bonds is 2. The van der Waals surface area contributed by atoms with Crippen molar-refractivity contribution in [3.05, 3.63) is 35.9 Å². The normalized spacial score (nSPS) is 20.0. The zero-order valence-electron chi connectivity index (χ0n) is 10.7. The van der Waals surface area contributed by atoms with Crippen LogP contribution in [-0.2, 0) is 6.54 Å². The fourth-order valence-electron chi connectivity index (χ4n) is 2.41. The van der Waals surface area contributed by atoms with Crippen molar-refractivity contribution in [1.29, 1.82) is 0 Å². The topological polar surface area (TPSA) is 15.3 Å². The maximum Gasteiger partial charge on any atom is 0.0484 e. The lowest BCUT2D eigenvalue weighted by atomic mass is 10.2. The molecule has 1 aliphatic heterocycles. The molecule has 1 saturated heterocycles. The Bertz CT molecular complexity index is 279. The maximum atomic E-state index is 3.32. The first-order valence-electron chi connectivity index (χ1n) is 6.92. The van der Waals surface area contributed by atoms with Gasteiger partial charge in [0.25, 0.3) is 0 Å². The minimum Gasteiger partial charge on any atom is -0.303 e. The largest absolute Gasteiger partial charge is 0.303 e. The molecule has 0 atom stereocenters. The van der Waals surface area contributed by atoms with Crippen LogP contribution in [0.15, 0.2) is 30.3 Å². The molecule has 0 radical (unpaired) electrons. The summed E-state index contributed by atoms with van der Waals surface area (Å²) in [6, 6.07) is 10.6. The summed E-state index contributed by atoms with van der Waals surface area (Å²) in [6.45, 7) is 4.42.